The average molecular weight is 410 g/mol. The Morgan fingerprint density at radius 1 is 1.13 bits per heavy atom. The van der Waals surface area contributed by atoms with E-state index in [4.69, 9.17) is 4.74 Å². The lowest BCUT2D eigenvalue weighted by molar-refractivity contribution is -0.137. The van der Waals surface area contributed by atoms with Crippen molar-refractivity contribution < 1.29 is 19.4 Å². The maximum Gasteiger partial charge on any atom is 0.330 e. The first kappa shape index (κ1) is 22.6. The van der Waals surface area contributed by atoms with E-state index in [2.05, 4.69) is 28.7 Å². The van der Waals surface area contributed by atoms with Crippen LogP contribution in [0.25, 0.3) is 16.7 Å². The minimum atomic E-state index is -0.417. The molecule has 0 atom stereocenters. The number of aliphatic hydroxyl groups excluding tert-OH is 1. The number of hydrogen-bond acceptors (Lipinski definition) is 6. The molecule has 1 aromatic carbocycles. The van der Waals surface area contributed by atoms with E-state index in [1.807, 2.05) is 24.3 Å². The lowest BCUT2D eigenvalue weighted by Crippen LogP contribution is -2.16. The Balaban J connectivity index is 1.66. The number of nitrogens with one attached hydrogen (secondary N) is 1. The molecule has 0 radical (unpaired) electrons. The van der Waals surface area contributed by atoms with E-state index in [1.54, 1.807) is 0 Å². The molecule has 30 heavy (non-hydrogen) atoms. The molecule has 0 unspecified atom stereocenters. The minimum Gasteiger partial charge on any atom is -0.506 e. The molecule has 1 amide bonds. The number of amides is 1. The van der Waals surface area contributed by atoms with Crippen LogP contribution in [-0.4, -0.2) is 38.6 Å². The van der Waals surface area contributed by atoms with Crippen LogP contribution in [0, 0.1) is 0 Å². The lowest BCUT2D eigenvalue weighted by Gasteiger charge is -2.03. The Bertz CT molecular complexity index is 926. The summed E-state index contributed by atoms with van der Waals surface area (Å²) in [5.74, 6) is -0.645. The standard InChI is InChI=1S/C22H26N4O4/c1-3-22(29)30-16-9-5-4-6-14-21(28)23-15-10-13-20(27)17(2)26-24-18-11-7-8-12-19(18)25-26/h3,7-8,10-13,15,27H,1-2,4-6,9,14,16H2,(H,23,28)/b15-10+,20-13+. The Kier molecular flexibility index (Phi) is 9.05. The summed E-state index contributed by atoms with van der Waals surface area (Å²) >= 11 is 0. The number of nitrogens with zero attached hydrogens (tertiary/aromatic N) is 3. The Hall–Kier alpha value is -3.68. The Morgan fingerprint density at radius 3 is 2.47 bits per heavy atom. The number of allylic oxidation sites excluding steroid dienone is 3. The molecular formula is C22H26N4O4. The van der Waals surface area contributed by atoms with Crippen molar-refractivity contribution in [2.45, 2.75) is 32.1 Å². The number of aromatic nitrogens is 3. The second-order valence-electron chi connectivity index (χ2n) is 6.44. The highest BCUT2D eigenvalue weighted by atomic mass is 16.5. The molecule has 0 saturated heterocycles. The fourth-order valence-corrected chi connectivity index (χ4v) is 2.50. The van der Waals surface area contributed by atoms with Crippen molar-refractivity contribution in [3.8, 4) is 0 Å². The van der Waals surface area contributed by atoms with Crippen molar-refractivity contribution >= 4 is 28.6 Å². The van der Waals surface area contributed by atoms with Crippen LogP contribution in [0.1, 0.15) is 32.1 Å². The molecule has 0 bridgehead atoms. The van der Waals surface area contributed by atoms with Gasteiger partial charge in [-0.1, -0.05) is 38.1 Å². The van der Waals surface area contributed by atoms with Crippen LogP contribution in [0.5, 0.6) is 0 Å². The molecule has 0 aliphatic heterocycles. The van der Waals surface area contributed by atoms with Gasteiger partial charge in [0, 0.05) is 18.7 Å². The van der Waals surface area contributed by atoms with Crippen molar-refractivity contribution in [1.29, 1.82) is 0 Å². The predicted molar refractivity (Wildman–Crippen MR) is 115 cm³/mol. The molecule has 1 aromatic heterocycles. The first-order valence-electron chi connectivity index (χ1n) is 9.67. The van der Waals surface area contributed by atoms with E-state index < -0.39 is 5.97 Å². The summed E-state index contributed by atoms with van der Waals surface area (Å²) in [6, 6.07) is 7.35. The highest BCUT2D eigenvalue weighted by molar-refractivity contribution is 5.81. The SMILES string of the molecule is C=CC(=O)OCCCCCCC(=O)N/C=C/C=C(/O)C(=C)n1nc2ccccc2n1. The van der Waals surface area contributed by atoms with E-state index in [-0.39, 0.29) is 17.4 Å². The largest absolute Gasteiger partial charge is 0.506 e. The zero-order valence-corrected chi connectivity index (χ0v) is 16.8. The van der Waals surface area contributed by atoms with Gasteiger partial charge in [-0.25, -0.2) is 4.79 Å². The monoisotopic (exact) mass is 410 g/mol. The summed E-state index contributed by atoms with van der Waals surface area (Å²) in [5.41, 5.74) is 1.63. The van der Waals surface area contributed by atoms with Crippen LogP contribution >= 0.6 is 0 Å². The predicted octanol–water partition coefficient (Wildman–Crippen LogP) is 3.65. The van der Waals surface area contributed by atoms with Crippen LogP contribution in [0.4, 0.5) is 0 Å². The number of rotatable bonds is 12. The van der Waals surface area contributed by atoms with Gasteiger partial charge in [-0.15, -0.1) is 15.0 Å². The number of esters is 1. The fraction of sp³-hybridized carbons (Fsp3) is 0.273. The first-order chi connectivity index (χ1) is 14.5. The van der Waals surface area contributed by atoms with Crippen LogP contribution in [0.2, 0.25) is 0 Å². The highest BCUT2D eigenvalue weighted by Crippen LogP contribution is 2.13. The molecular weight excluding hydrogens is 384 g/mol. The number of aliphatic hydroxyl groups is 1. The van der Waals surface area contributed by atoms with Crippen LogP contribution < -0.4 is 5.32 Å². The molecule has 0 fully saturated rings. The molecule has 8 nitrogen and oxygen atoms in total. The molecule has 2 aromatic rings. The highest BCUT2D eigenvalue weighted by Gasteiger charge is 2.07. The normalized spacial score (nSPS) is 11.5. The van der Waals surface area contributed by atoms with E-state index in [1.165, 1.54) is 23.1 Å². The molecule has 0 aliphatic carbocycles. The van der Waals surface area contributed by atoms with Gasteiger partial charge in [-0.2, -0.15) is 0 Å². The van der Waals surface area contributed by atoms with E-state index in [9.17, 15) is 14.7 Å². The molecule has 158 valence electrons. The smallest absolute Gasteiger partial charge is 0.330 e. The number of carbonyl (C=O) groups excluding carboxylic acids is 2. The van der Waals surface area contributed by atoms with Gasteiger partial charge in [0.15, 0.2) is 0 Å². The summed E-state index contributed by atoms with van der Waals surface area (Å²) in [6.07, 6.45) is 9.14. The zero-order chi connectivity index (χ0) is 21.8. The third-order valence-corrected chi connectivity index (χ3v) is 4.13. The third kappa shape index (κ3) is 7.38. The molecule has 0 saturated carbocycles. The first-order valence-corrected chi connectivity index (χ1v) is 9.67. The van der Waals surface area contributed by atoms with Crippen molar-refractivity contribution in [3.63, 3.8) is 0 Å². The Morgan fingerprint density at radius 2 is 1.80 bits per heavy atom. The molecule has 0 spiro atoms. The van der Waals surface area contributed by atoms with Crippen molar-refractivity contribution in [3.05, 3.63) is 67.6 Å². The fourth-order valence-electron chi connectivity index (χ4n) is 2.50. The number of carbonyl (C=O) groups is 2. The number of fused-ring (bicyclic) bond motifs is 1. The van der Waals surface area contributed by atoms with E-state index >= 15 is 0 Å². The second kappa shape index (κ2) is 12.0. The lowest BCUT2D eigenvalue weighted by atomic mass is 10.1. The van der Waals surface area contributed by atoms with Gasteiger partial charge < -0.3 is 15.2 Å². The van der Waals surface area contributed by atoms with Crippen LogP contribution in [-0.2, 0) is 14.3 Å². The zero-order valence-electron chi connectivity index (χ0n) is 16.8. The molecule has 8 heteroatoms. The quantitative estimate of drug-likeness (QED) is 0.182. The van der Waals surface area contributed by atoms with Crippen molar-refractivity contribution in [1.82, 2.24) is 20.3 Å². The summed E-state index contributed by atoms with van der Waals surface area (Å²) in [5, 5.41) is 21.2. The van der Waals surface area contributed by atoms with Gasteiger partial charge in [-0.05, 0) is 37.1 Å². The van der Waals surface area contributed by atoms with Gasteiger partial charge in [0.1, 0.15) is 22.5 Å². The summed E-state index contributed by atoms with van der Waals surface area (Å²) in [7, 11) is 0. The second-order valence-corrected chi connectivity index (χ2v) is 6.44. The van der Waals surface area contributed by atoms with Gasteiger partial charge in [0.2, 0.25) is 5.91 Å². The average Bonchev–Trinajstić information content (AvgIpc) is 3.19. The van der Waals surface area contributed by atoms with E-state index in [0.717, 1.165) is 31.8 Å². The van der Waals surface area contributed by atoms with Gasteiger partial charge in [0.25, 0.3) is 0 Å². The van der Waals surface area contributed by atoms with Crippen molar-refractivity contribution in [2.75, 3.05) is 6.61 Å². The maximum atomic E-state index is 11.8. The number of hydrogen-bond donors (Lipinski definition) is 2. The molecule has 2 rings (SSSR count). The topological polar surface area (TPSA) is 106 Å². The minimum absolute atomic E-state index is 0.113. The van der Waals surface area contributed by atoms with E-state index in [0.29, 0.717) is 24.1 Å². The summed E-state index contributed by atoms with van der Waals surface area (Å²) in [4.78, 5) is 23.9. The van der Waals surface area contributed by atoms with Gasteiger partial charge in [0.05, 0.1) is 6.61 Å². The Labute approximate surface area is 175 Å². The van der Waals surface area contributed by atoms with Crippen LogP contribution in [0.3, 0.4) is 0 Å². The number of benzene rings is 1. The van der Waals surface area contributed by atoms with Gasteiger partial charge in [-0.3, -0.25) is 4.79 Å². The van der Waals surface area contributed by atoms with Crippen molar-refractivity contribution in [2.24, 2.45) is 0 Å². The maximum absolute atomic E-state index is 11.8. The number of ether oxygens (including phenoxy) is 1. The van der Waals surface area contributed by atoms with Crippen LogP contribution in [0.15, 0.2) is 67.6 Å². The molecule has 1 heterocycles. The third-order valence-electron chi connectivity index (χ3n) is 4.13. The number of unbranched alkanes of at least 4 members (excludes halogenated alkanes) is 3. The van der Waals surface area contributed by atoms with Gasteiger partial charge >= 0.3 is 5.97 Å². The molecule has 2 N–H and O–H groups in total. The summed E-state index contributed by atoms with van der Waals surface area (Å²) < 4.78 is 4.88. The summed E-state index contributed by atoms with van der Waals surface area (Å²) in [6.45, 7) is 7.48. The molecule has 0 aliphatic rings.